The molecule has 0 saturated carbocycles. The van der Waals surface area contributed by atoms with Gasteiger partial charge in [0.05, 0.1) is 39.9 Å². The molecular weight excluding hydrogens is 816 g/mol. The van der Waals surface area contributed by atoms with E-state index in [2.05, 4.69) is 116 Å². The summed E-state index contributed by atoms with van der Waals surface area (Å²) in [5.41, 5.74) is 0. The van der Waals surface area contributed by atoms with Crippen LogP contribution in [0.5, 0.6) is 0 Å². The van der Waals surface area contributed by atoms with Gasteiger partial charge in [-0.2, -0.15) is 0 Å². The Morgan fingerprint density at radius 2 is 0.953 bits per heavy atom. The van der Waals surface area contributed by atoms with Crippen LogP contribution in [0, 0.1) is 0 Å². The Morgan fingerprint density at radius 1 is 0.562 bits per heavy atom. The third kappa shape index (κ3) is 47.1. The normalized spacial score (nSPS) is 15.0. The Morgan fingerprint density at radius 3 is 1.39 bits per heavy atom. The molecule has 0 bridgehead atoms. The van der Waals surface area contributed by atoms with E-state index in [9.17, 15) is 19.4 Å². The molecule has 0 rings (SSSR count). The van der Waals surface area contributed by atoms with E-state index in [1.54, 1.807) is 6.08 Å². The summed E-state index contributed by atoms with van der Waals surface area (Å²) in [4.78, 5) is 25.4. The molecule has 3 unspecified atom stereocenters. The molecule has 0 aromatic rings. The Kier molecular flexibility index (Phi) is 43.3. The highest BCUT2D eigenvalue weighted by Gasteiger charge is 2.23. The molecule has 0 aliphatic heterocycles. The number of carbonyl (C=O) groups excluding carboxylic acids is 1. The quantitative estimate of drug-likeness (QED) is 0.0273. The number of amides is 1. The summed E-state index contributed by atoms with van der Waals surface area (Å²) in [5.74, 6) is -0.245. The molecule has 0 aliphatic carbocycles. The average Bonchev–Trinajstić information content (AvgIpc) is 3.25. The van der Waals surface area contributed by atoms with Crippen molar-refractivity contribution in [2.75, 3.05) is 40.9 Å². The molecule has 64 heavy (non-hydrogen) atoms. The monoisotopic (exact) mass is 911 g/mol. The predicted octanol–water partition coefficient (Wildman–Crippen LogP) is 14.2. The van der Waals surface area contributed by atoms with Crippen molar-refractivity contribution in [3.8, 4) is 0 Å². The lowest BCUT2D eigenvalue weighted by Gasteiger charge is -2.29. The number of nitrogens with zero attached hydrogens (tertiary/aromatic N) is 1. The molecule has 0 aliphatic rings. The lowest BCUT2D eigenvalue weighted by atomic mass is 10.0. The maximum absolute atomic E-state index is 12.9. The molecule has 3 atom stereocenters. The number of phosphoric ester groups is 1. The topological polar surface area (TPSA) is 108 Å². The molecule has 8 nitrogen and oxygen atoms in total. The minimum Gasteiger partial charge on any atom is -0.756 e. The SMILES string of the molecule is CC/C=C\C/C=C\C/C=C\C/C=C\C/C=C\C/C=C\C/C=C\C/C=C\CCCCC(=O)NC(COP(=O)([O-])OCC[N+](C)(C)C)C(O)/C=C/CCCCCCCCCCCCCCC. The minimum atomic E-state index is -4.61. The maximum Gasteiger partial charge on any atom is 0.268 e. The van der Waals surface area contributed by atoms with E-state index >= 15 is 0 Å². The van der Waals surface area contributed by atoms with E-state index in [-0.39, 0.29) is 18.9 Å². The van der Waals surface area contributed by atoms with E-state index in [1.165, 1.54) is 70.6 Å². The third-order valence-corrected chi connectivity index (χ3v) is 11.5. The van der Waals surface area contributed by atoms with Gasteiger partial charge in [-0.15, -0.1) is 0 Å². The van der Waals surface area contributed by atoms with Gasteiger partial charge in [-0.25, -0.2) is 0 Å². The number of allylic oxidation sites excluding steroid dienone is 17. The predicted molar refractivity (Wildman–Crippen MR) is 274 cm³/mol. The highest BCUT2D eigenvalue weighted by molar-refractivity contribution is 7.45. The Labute approximate surface area is 393 Å². The van der Waals surface area contributed by atoms with E-state index in [0.29, 0.717) is 17.4 Å². The van der Waals surface area contributed by atoms with Gasteiger partial charge in [-0.3, -0.25) is 9.36 Å². The van der Waals surface area contributed by atoms with Crippen LogP contribution in [0.1, 0.15) is 181 Å². The Balaban J connectivity index is 4.43. The summed E-state index contributed by atoms with van der Waals surface area (Å²) in [6, 6.07) is -0.917. The summed E-state index contributed by atoms with van der Waals surface area (Å²) in [6.07, 6.45) is 65.7. The van der Waals surface area contributed by atoms with Crippen LogP contribution >= 0.6 is 7.82 Å². The fraction of sp³-hybridized carbons (Fsp3) is 0.655. The number of nitrogens with one attached hydrogen (secondary N) is 1. The fourth-order valence-electron chi connectivity index (χ4n) is 6.52. The largest absolute Gasteiger partial charge is 0.756 e. The molecule has 0 radical (unpaired) electrons. The van der Waals surface area contributed by atoms with Crippen molar-refractivity contribution >= 4 is 13.7 Å². The number of hydrogen-bond donors (Lipinski definition) is 2. The number of hydrogen-bond acceptors (Lipinski definition) is 6. The first-order valence-electron chi connectivity index (χ1n) is 25.2. The van der Waals surface area contributed by atoms with Gasteiger partial charge in [0.1, 0.15) is 13.2 Å². The summed E-state index contributed by atoms with van der Waals surface area (Å²) < 4.78 is 23.2. The molecule has 0 aromatic heterocycles. The molecule has 0 fully saturated rings. The number of rotatable bonds is 44. The van der Waals surface area contributed by atoms with Crippen LogP contribution in [-0.4, -0.2) is 68.5 Å². The summed E-state index contributed by atoms with van der Waals surface area (Å²) in [6.45, 7) is 4.48. The van der Waals surface area contributed by atoms with Crippen LogP contribution in [0.3, 0.4) is 0 Å². The molecule has 9 heteroatoms. The van der Waals surface area contributed by atoms with Crippen LogP contribution in [0.15, 0.2) is 109 Å². The van der Waals surface area contributed by atoms with Gasteiger partial charge in [-0.05, 0) is 83.5 Å². The Hall–Kier alpha value is -2.84. The Bertz CT molecular complexity index is 1400. The molecular formula is C55H95N2O6P. The van der Waals surface area contributed by atoms with Gasteiger partial charge in [0.15, 0.2) is 0 Å². The zero-order chi connectivity index (χ0) is 47.1. The molecule has 0 heterocycles. The first kappa shape index (κ1) is 61.2. The van der Waals surface area contributed by atoms with Crippen molar-refractivity contribution in [3.63, 3.8) is 0 Å². The summed E-state index contributed by atoms with van der Waals surface area (Å²) in [5, 5.41) is 13.8. The van der Waals surface area contributed by atoms with Crippen molar-refractivity contribution in [3.05, 3.63) is 109 Å². The average molecular weight is 911 g/mol. The highest BCUT2D eigenvalue weighted by atomic mass is 31.2. The molecule has 0 aromatic carbocycles. The fourth-order valence-corrected chi connectivity index (χ4v) is 7.24. The number of unbranched alkanes of at least 4 members (excludes halogenated alkanes) is 15. The summed E-state index contributed by atoms with van der Waals surface area (Å²) >= 11 is 0. The number of carbonyl (C=O) groups is 1. The second-order valence-corrected chi connectivity index (χ2v) is 19.2. The van der Waals surface area contributed by atoms with Gasteiger partial charge >= 0.3 is 0 Å². The molecule has 0 saturated heterocycles. The second kappa shape index (κ2) is 45.3. The van der Waals surface area contributed by atoms with Crippen molar-refractivity contribution in [1.29, 1.82) is 0 Å². The lowest BCUT2D eigenvalue weighted by Crippen LogP contribution is -2.45. The van der Waals surface area contributed by atoms with Gasteiger partial charge in [0.2, 0.25) is 5.91 Å². The number of phosphoric acid groups is 1. The number of likely N-dealkylation sites (N-methyl/N-ethyl adjacent to an activating group) is 1. The number of quaternary nitrogens is 1. The standard InChI is InChI=1S/C55H95N2O6P/c1-6-8-10-12-14-16-18-20-22-23-24-25-26-27-28-29-30-31-32-33-35-37-39-41-43-45-47-49-55(59)56-53(52-63-64(60,61)62-51-50-57(3,4)5)54(58)48-46-44-42-40-38-36-34-21-19-17-15-13-11-9-7-2/h8,10,14,16,20,22,24-25,27-28,30-31,33,35,39,41,46,48,53-54,58H,6-7,9,11-13,15,17-19,21,23,26,29,32,34,36-38,40,42-45,47,49-52H2,1-5H3,(H-,56,59,60,61)/b10-8-,16-14-,22-20-,25-24-,28-27-,31-30-,35-33-,41-39-,48-46+. The van der Waals surface area contributed by atoms with Crippen LogP contribution in [0.4, 0.5) is 0 Å². The lowest BCUT2D eigenvalue weighted by molar-refractivity contribution is -0.870. The molecule has 366 valence electrons. The first-order chi connectivity index (χ1) is 31.0. The molecule has 2 N–H and O–H groups in total. The summed E-state index contributed by atoms with van der Waals surface area (Å²) in [7, 11) is 1.21. The number of aliphatic hydroxyl groups excluding tert-OH is 1. The second-order valence-electron chi connectivity index (χ2n) is 17.8. The van der Waals surface area contributed by atoms with Crippen LogP contribution < -0.4 is 10.2 Å². The zero-order valence-corrected chi connectivity index (χ0v) is 42.3. The van der Waals surface area contributed by atoms with Crippen molar-refractivity contribution in [2.24, 2.45) is 0 Å². The minimum absolute atomic E-state index is 0.0159. The van der Waals surface area contributed by atoms with Crippen LogP contribution in [0.25, 0.3) is 0 Å². The van der Waals surface area contributed by atoms with E-state index in [0.717, 1.165) is 83.5 Å². The van der Waals surface area contributed by atoms with Gasteiger partial charge in [0, 0.05) is 6.42 Å². The van der Waals surface area contributed by atoms with Crippen molar-refractivity contribution in [1.82, 2.24) is 5.32 Å². The molecule has 0 spiro atoms. The van der Waals surface area contributed by atoms with Crippen LogP contribution in [-0.2, 0) is 18.4 Å². The van der Waals surface area contributed by atoms with Gasteiger partial charge in [-0.1, -0.05) is 200 Å². The maximum atomic E-state index is 12.9. The first-order valence-corrected chi connectivity index (χ1v) is 26.7. The van der Waals surface area contributed by atoms with Gasteiger partial charge < -0.3 is 28.8 Å². The van der Waals surface area contributed by atoms with Crippen LogP contribution in [0.2, 0.25) is 0 Å². The van der Waals surface area contributed by atoms with Crippen molar-refractivity contribution < 1.29 is 32.9 Å². The zero-order valence-electron chi connectivity index (χ0n) is 41.4. The van der Waals surface area contributed by atoms with E-state index in [1.807, 2.05) is 27.2 Å². The third-order valence-electron chi connectivity index (χ3n) is 10.5. The number of aliphatic hydroxyl groups is 1. The smallest absolute Gasteiger partial charge is 0.268 e. The van der Waals surface area contributed by atoms with E-state index in [4.69, 9.17) is 9.05 Å². The molecule has 1 amide bonds. The van der Waals surface area contributed by atoms with Crippen molar-refractivity contribution in [2.45, 2.75) is 193 Å². The van der Waals surface area contributed by atoms with Gasteiger partial charge in [0.25, 0.3) is 7.82 Å². The highest BCUT2D eigenvalue weighted by Crippen LogP contribution is 2.38. The van der Waals surface area contributed by atoms with E-state index < -0.39 is 26.6 Å².